The van der Waals surface area contributed by atoms with Crippen LogP contribution in [0.25, 0.3) is 0 Å². The lowest BCUT2D eigenvalue weighted by atomic mass is 9.99. The van der Waals surface area contributed by atoms with Gasteiger partial charge in [0.05, 0.1) is 17.1 Å². The van der Waals surface area contributed by atoms with Crippen LogP contribution in [0.1, 0.15) is 10.6 Å². The van der Waals surface area contributed by atoms with Gasteiger partial charge in [-0.1, -0.05) is 17.7 Å². The molecule has 3 aromatic heterocycles. The second-order valence-corrected chi connectivity index (χ2v) is 9.35. The fourth-order valence-corrected chi connectivity index (χ4v) is 5.45. The summed E-state index contributed by atoms with van der Waals surface area (Å²) in [6.45, 7) is -0.251. The monoisotopic (exact) mass is 389 g/mol. The van der Waals surface area contributed by atoms with Crippen molar-refractivity contribution < 1.29 is 17.9 Å². The van der Waals surface area contributed by atoms with Crippen molar-refractivity contribution in [1.29, 1.82) is 0 Å². The lowest BCUT2D eigenvalue weighted by molar-refractivity contribution is 0.0655. The van der Waals surface area contributed by atoms with Crippen LogP contribution in [0.5, 0.6) is 0 Å². The van der Waals surface area contributed by atoms with Crippen molar-refractivity contribution in [3.8, 4) is 0 Å². The van der Waals surface area contributed by atoms with Crippen LogP contribution in [0.15, 0.2) is 56.7 Å². The first kappa shape index (κ1) is 16.7. The van der Waals surface area contributed by atoms with Crippen molar-refractivity contribution >= 4 is 44.3 Å². The molecule has 0 spiro atoms. The van der Waals surface area contributed by atoms with Gasteiger partial charge in [-0.25, -0.2) is 13.1 Å². The number of thiophene rings is 2. The Hall–Kier alpha value is -1.16. The highest BCUT2D eigenvalue weighted by atomic mass is 35.5. The van der Waals surface area contributed by atoms with Gasteiger partial charge in [0.15, 0.2) is 5.60 Å². The van der Waals surface area contributed by atoms with Crippen LogP contribution in [0.4, 0.5) is 0 Å². The number of halogens is 1. The summed E-state index contributed by atoms with van der Waals surface area (Å²) in [5.41, 5.74) is -1.58. The van der Waals surface area contributed by atoms with E-state index in [1.165, 1.54) is 29.7 Å². The summed E-state index contributed by atoms with van der Waals surface area (Å²) in [5.74, 6) is 0.270. The van der Waals surface area contributed by atoms with Gasteiger partial charge in [0.2, 0.25) is 10.0 Å². The first-order valence-electron chi connectivity index (χ1n) is 6.47. The molecule has 5 nitrogen and oxygen atoms in total. The summed E-state index contributed by atoms with van der Waals surface area (Å²) in [6, 6.07) is 9.69. The van der Waals surface area contributed by atoms with Gasteiger partial charge in [-0.05, 0) is 35.7 Å². The summed E-state index contributed by atoms with van der Waals surface area (Å²) in [4.78, 5) is 0.583. The summed E-state index contributed by atoms with van der Waals surface area (Å²) in [7, 11) is -3.77. The number of furan rings is 1. The molecule has 23 heavy (non-hydrogen) atoms. The van der Waals surface area contributed by atoms with E-state index in [1.54, 1.807) is 29.6 Å². The van der Waals surface area contributed by atoms with Crippen molar-refractivity contribution in [3.05, 3.63) is 63.0 Å². The quantitative estimate of drug-likeness (QED) is 0.678. The smallest absolute Gasteiger partial charge is 0.250 e. The van der Waals surface area contributed by atoms with Crippen molar-refractivity contribution in [3.63, 3.8) is 0 Å². The minimum absolute atomic E-state index is 0.0930. The van der Waals surface area contributed by atoms with Crippen molar-refractivity contribution in [1.82, 2.24) is 4.72 Å². The van der Waals surface area contributed by atoms with Gasteiger partial charge in [0.1, 0.15) is 9.97 Å². The minimum atomic E-state index is -3.77. The molecule has 3 rings (SSSR count). The first-order valence-corrected chi connectivity index (χ1v) is 10.0. The Labute approximate surface area is 146 Å². The van der Waals surface area contributed by atoms with Crippen molar-refractivity contribution in [2.75, 3.05) is 6.54 Å². The lowest BCUT2D eigenvalue weighted by Crippen LogP contribution is -2.40. The fraction of sp³-hybridized carbons (Fsp3) is 0.143. The third-order valence-electron chi connectivity index (χ3n) is 3.19. The highest BCUT2D eigenvalue weighted by Gasteiger charge is 2.37. The van der Waals surface area contributed by atoms with E-state index in [1.807, 2.05) is 0 Å². The highest BCUT2D eigenvalue weighted by molar-refractivity contribution is 7.91. The van der Waals surface area contributed by atoms with Gasteiger partial charge in [-0.3, -0.25) is 0 Å². The minimum Gasteiger partial charge on any atom is -0.466 e. The highest BCUT2D eigenvalue weighted by Crippen LogP contribution is 2.33. The largest absolute Gasteiger partial charge is 0.466 e. The standard InChI is InChI=1S/C14H12ClNO4S3/c15-12-5-6-13(22-12)23(18,19)16-9-14(17,10-3-1-7-20-10)11-4-2-8-21-11/h1-8,16-17H,9H2. The molecule has 0 fully saturated rings. The molecule has 0 saturated carbocycles. The maximum absolute atomic E-state index is 12.3. The number of sulfonamides is 1. The van der Waals surface area contributed by atoms with Crippen LogP contribution < -0.4 is 4.72 Å². The summed E-state index contributed by atoms with van der Waals surface area (Å²) < 4.78 is 32.9. The number of hydrogen-bond acceptors (Lipinski definition) is 6. The Morgan fingerprint density at radius 1 is 1.26 bits per heavy atom. The third kappa shape index (κ3) is 3.37. The molecule has 0 saturated heterocycles. The van der Waals surface area contributed by atoms with E-state index in [4.69, 9.17) is 16.0 Å². The summed E-state index contributed by atoms with van der Waals surface area (Å²) >= 11 is 8.05. The van der Waals surface area contributed by atoms with Gasteiger partial charge in [-0.2, -0.15) is 0 Å². The summed E-state index contributed by atoms with van der Waals surface area (Å²) in [6.07, 6.45) is 1.43. The molecule has 0 amide bonds. The topological polar surface area (TPSA) is 79.5 Å². The Bertz CT molecular complexity index is 835. The lowest BCUT2D eigenvalue weighted by Gasteiger charge is -2.25. The third-order valence-corrected chi connectivity index (χ3v) is 7.33. The van der Waals surface area contributed by atoms with E-state index in [9.17, 15) is 13.5 Å². The van der Waals surface area contributed by atoms with Gasteiger partial charge in [0.25, 0.3) is 0 Å². The van der Waals surface area contributed by atoms with E-state index in [-0.39, 0.29) is 16.5 Å². The molecule has 3 aromatic rings. The second kappa shape index (κ2) is 6.39. The van der Waals surface area contributed by atoms with E-state index in [0.717, 1.165) is 11.3 Å². The number of aliphatic hydroxyl groups is 1. The van der Waals surface area contributed by atoms with Gasteiger partial charge in [-0.15, -0.1) is 22.7 Å². The molecule has 0 aliphatic heterocycles. The van der Waals surface area contributed by atoms with Gasteiger partial charge >= 0.3 is 0 Å². The molecule has 122 valence electrons. The zero-order valence-corrected chi connectivity index (χ0v) is 14.8. The van der Waals surface area contributed by atoms with Crippen LogP contribution in [0.2, 0.25) is 4.34 Å². The van der Waals surface area contributed by atoms with E-state index < -0.39 is 15.6 Å². The van der Waals surface area contributed by atoms with Crippen LogP contribution >= 0.6 is 34.3 Å². The van der Waals surface area contributed by atoms with E-state index in [2.05, 4.69) is 4.72 Å². The van der Waals surface area contributed by atoms with Gasteiger partial charge in [0, 0.05) is 4.88 Å². The molecule has 0 bridgehead atoms. The summed E-state index contributed by atoms with van der Waals surface area (Å²) in [5, 5.41) is 12.8. The molecule has 0 aliphatic rings. The molecule has 0 aliphatic carbocycles. The maximum Gasteiger partial charge on any atom is 0.250 e. The Morgan fingerprint density at radius 3 is 2.65 bits per heavy atom. The van der Waals surface area contributed by atoms with Crippen molar-refractivity contribution in [2.45, 2.75) is 9.81 Å². The maximum atomic E-state index is 12.3. The number of hydrogen-bond donors (Lipinski definition) is 2. The molecule has 1 unspecified atom stereocenters. The first-order chi connectivity index (χ1) is 10.9. The van der Waals surface area contributed by atoms with Crippen LogP contribution in [0, 0.1) is 0 Å². The molecular formula is C14H12ClNO4S3. The molecule has 2 N–H and O–H groups in total. The Morgan fingerprint density at radius 2 is 2.09 bits per heavy atom. The number of nitrogens with one attached hydrogen (secondary N) is 1. The molecule has 0 aromatic carbocycles. The van der Waals surface area contributed by atoms with E-state index in [0.29, 0.717) is 9.21 Å². The molecule has 1 atom stereocenters. The normalized spacial score (nSPS) is 14.7. The van der Waals surface area contributed by atoms with Crippen LogP contribution in [-0.4, -0.2) is 20.1 Å². The predicted octanol–water partition coefficient (Wildman–Crippen LogP) is 3.27. The van der Waals surface area contributed by atoms with E-state index >= 15 is 0 Å². The van der Waals surface area contributed by atoms with Gasteiger partial charge < -0.3 is 9.52 Å². The predicted molar refractivity (Wildman–Crippen MR) is 90.5 cm³/mol. The van der Waals surface area contributed by atoms with Crippen LogP contribution in [-0.2, 0) is 15.6 Å². The average Bonchev–Trinajstić information content (AvgIpc) is 3.25. The Balaban J connectivity index is 1.89. The Kier molecular flexibility index (Phi) is 4.63. The molecule has 9 heteroatoms. The fourth-order valence-electron chi connectivity index (χ4n) is 2.04. The van der Waals surface area contributed by atoms with Crippen LogP contribution in [0.3, 0.4) is 0 Å². The average molecular weight is 390 g/mol. The number of rotatable bonds is 6. The molecule has 3 heterocycles. The van der Waals surface area contributed by atoms with Crippen molar-refractivity contribution in [2.24, 2.45) is 0 Å². The molecule has 0 radical (unpaired) electrons. The SMILES string of the molecule is O=S(=O)(NCC(O)(c1ccco1)c1cccs1)c1ccc(Cl)s1. The zero-order chi connectivity index (χ0) is 16.5. The zero-order valence-electron chi connectivity index (χ0n) is 11.6. The second-order valence-electron chi connectivity index (χ2n) is 4.70. The molecular weight excluding hydrogens is 378 g/mol.